The van der Waals surface area contributed by atoms with Crippen LogP contribution in [-0.4, -0.2) is 44.7 Å². The minimum atomic E-state index is -3.47. The Kier molecular flexibility index (Phi) is 3.64. The molecule has 1 fully saturated rings. The lowest BCUT2D eigenvalue weighted by molar-refractivity contribution is -0.145. The van der Waals surface area contributed by atoms with Gasteiger partial charge in [0.25, 0.3) is 0 Å². The van der Waals surface area contributed by atoms with Gasteiger partial charge in [0, 0.05) is 19.3 Å². The summed E-state index contributed by atoms with van der Waals surface area (Å²) in [4.78, 5) is 11.6. The highest BCUT2D eigenvalue weighted by atomic mass is 32.2. The van der Waals surface area contributed by atoms with Gasteiger partial charge in [-0.25, -0.2) is 8.42 Å². The van der Waals surface area contributed by atoms with Gasteiger partial charge < -0.3 is 9.84 Å². The fraction of sp³-hybridized carbons (Fsp3) is 0.500. The second-order valence-electron chi connectivity index (χ2n) is 5.42. The van der Waals surface area contributed by atoms with Crippen LogP contribution in [0.1, 0.15) is 17.0 Å². The van der Waals surface area contributed by atoms with Crippen LogP contribution in [0.25, 0.3) is 0 Å². The molecule has 110 valence electrons. The Labute approximate surface area is 118 Å². The zero-order valence-electron chi connectivity index (χ0n) is 11.7. The molecule has 6 heteroatoms. The molecule has 0 aliphatic heterocycles. The molecule has 1 aromatic carbocycles. The highest BCUT2D eigenvalue weighted by molar-refractivity contribution is 7.91. The summed E-state index contributed by atoms with van der Waals surface area (Å²) >= 11 is 0. The van der Waals surface area contributed by atoms with Crippen LogP contribution in [0, 0.1) is 12.3 Å². The van der Waals surface area contributed by atoms with E-state index in [0.717, 1.165) is 17.4 Å². The van der Waals surface area contributed by atoms with Crippen LogP contribution in [0.4, 0.5) is 0 Å². The standard InChI is InChI=1S/C14H18O5S/c1-9-4-6-10(7-5-9)11-12(20(3,17)18)14(11,8-19-2)13(15)16/h4-7,11-12H,8H2,1-3H3,(H,15,16)/t11-,12+,14-/m1/s1. The predicted octanol–water partition coefficient (Wildman–Crippen LogP) is 1.22. The van der Waals surface area contributed by atoms with Crippen molar-refractivity contribution >= 4 is 15.8 Å². The molecule has 0 amide bonds. The summed E-state index contributed by atoms with van der Waals surface area (Å²) in [5, 5.41) is 8.58. The van der Waals surface area contributed by atoms with E-state index >= 15 is 0 Å². The lowest BCUT2D eigenvalue weighted by atomic mass is 9.99. The number of methoxy groups -OCH3 is 1. The highest BCUT2D eigenvalue weighted by Gasteiger charge is 2.74. The van der Waals surface area contributed by atoms with E-state index in [1.807, 2.05) is 19.1 Å². The Bertz CT molecular complexity index is 619. The number of hydrogen-bond acceptors (Lipinski definition) is 4. The zero-order valence-corrected chi connectivity index (χ0v) is 12.5. The first kappa shape index (κ1) is 15.0. The molecular formula is C14H18O5S. The summed E-state index contributed by atoms with van der Waals surface area (Å²) in [5.74, 6) is -1.68. The molecule has 0 bridgehead atoms. The SMILES string of the molecule is COC[C@@]1(C(=O)O)[C@H](c2ccc(C)cc2)[C@@H]1S(C)(=O)=O. The van der Waals surface area contributed by atoms with Crippen molar-refractivity contribution in [3.63, 3.8) is 0 Å². The van der Waals surface area contributed by atoms with E-state index in [1.165, 1.54) is 7.11 Å². The summed E-state index contributed by atoms with van der Waals surface area (Å²) < 4.78 is 28.8. The van der Waals surface area contributed by atoms with Gasteiger partial charge in [-0.2, -0.15) is 0 Å². The topological polar surface area (TPSA) is 80.7 Å². The van der Waals surface area contributed by atoms with Crippen molar-refractivity contribution in [1.82, 2.24) is 0 Å². The van der Waals surface area contributed by atoms with Crippen molar-refractivity contribution in [2.45, 2.75) is 18.1 Å². The van der Waals surface area contributed by atoms with Crippen molar-refractivity contribution in [2.75, 3.05) is 20.0 Å². The van der Waals surface area contributed by atoms with Gasteiger partial charge in [0.15, 0.2) is 9.84 Å². The molecule has 1 aliphatic carbocycles. The molecule has 3 atom stereocenters. The third-order valence-corrected chi connectivity index (χ3v) is 5.55. The van der Waals surface area contributed by atoms with E-state index in [1.54, 1.807) is 12.1 Å². The number of rotatable bonds is 5. The van der Waals surface area contributed by atoms with Gasteiger partial charge in [-0.1, -0.05) is 29.8 Å². The Morgan fingerprint density at radius 3 is 2.30 bits per heavy atom. The molecule has 2 rings (SSSR count). The third kappa shape index (κ3) is 2.23. The van der Waals surface area contributed by atoms with Crippen LogP contribution in [0.2, 0.25) is 0 Å². The summed E-state index contributed by atoms with van der Waals surface area (Å²) in [6.07, 6.45) is 1.08. The number of carbonyl (C=O) groups is 1. The fourth-order valence-electron chi connectivity index (χ4n) is 3.01. The molecule has 20 heavy (non-hydrogen) atoms. The van der Waals surface area contributed by atoms with Gasteiger partial charge in [0.2, 0.25) is 0 Å². The van der Waals surface area contributed by atoms with Crippen molar-refractivity contribution < 1.29 is 23.1 Å². The number of carboxylic acids is 1. The van der Waals surface area contributed by atoms with Crippen molar-refractivity contribution in [3.8, 4) is 0 Å². The van der Waals surface area contributed by atoms with Gasteiger partial charge in [-0.3, -0.25) is 4.79 Å². The van der Waals surface area contributed by atoms with E-state index in [2.05, 4.69) is 0 Å². The minimum absolute atomic E-state index is 0.112. The molecular weight excluding hydrogens is 280 g/mol. The number of hydrogen-bond donors (Lipinski definition) is 1. The van der Waals surface area contributed by atoms with E-state index in [4.69, 9.17) is 4.74 Å². The van der Waals surface area contributed by atoms with Crippen LogP contribution in [-0.2, 0) is 19.4 Å². The number of carboxylic acid groups (broad SMARTS) is 1. The number of ether oxygens (including phenoxy) is 1. The number of aryl methyl sites for hydroxylation is 1. The molecule has 1 saturated carbocycles. The third-order valence-electron chi connectivity index (χ3n) is 3.94. The maximum absolute atomic E-state index is 11.9. The summed E-state index contributed by atoms with van der Waals surface area (Å²) in [6, 6.07) is 7.29. The van der Waals surface area contributed by atoms with Gasteiger partial charge in [0.1, 0.15) is 5.41 Å². The normalized spacial score (nSPS) is 29.1. The van der Waals surface area contributed by atoms with Crippen LogP contribution >= 0.6 is 0 Å². The maximum atomic E-state index is 11.9. The second-order valence-corrected chi connectivity index (χ2v) is 7.58. The Morgan fingerprint density at radius 2 is 1.90 bits per heavy atom. The van der Waals surface area contributed by atoms with Crippen LogP contribution in [0.15, 0.2) is 24.3 Å². The van der Waals surface area contributed by atoms with Crippen molar-refractivity contribution in [1.29, 1.82) is 0 Å². The highest BCUT2D eigenvalue weighted by Crippen LogP contribution is 2.63. The molecule has 0 unspecified atom stereocenters. The quantitative estimate of drug-likeness (QED) is 0.884. The first-order chi connectivity index (χ1) is 9.25. The second kappa shape index (κ2) is 4.86. The fourth-order valence-corrected chi connectivity index (χ4v) is 4.90. The number of aliphatic carboxylic acids is 1. The lowest BCUT2D eigenvalue weighted by Gasteiger charge is -2.11. The Hall–Kier alpha value is -1.40. The van der Waals surface area contributed by atoms with Crippen LogP contribution < -0.4 is 0 Å². The molecule has 1 N–H and O–H groups in total. The van der Waals surface area contributed by atoms with Gasteiger partial charge in [-0.05, 0) is 12.5 Å². The first-order valence-corrected chi connectivity index (χ1v) is 8.18. The Morgan fingerprint density at radius 1 is 1.35 bits per heavy atom. The molecule has 1 aromatic rings. The zero-order chi connectivity index (χ0) is 15.1. The predicted molar refractivity (Wildman–Crippen MR) is 74.5 cm³/mol. The first-order valence-electron chi connectivity index (χ1n) is 6.23. The molecule has 0 spiro atoms. The van der Waals surface area contributed by atoms with Crippen molar-refractivity contribution in [3.05, 3.63) is 35.4 Å². The average Bonchev–Trinajstić information content (AvgIpc) is 3.01. The molecule has 0 heterocycles. The summed E-state index contributed by atoms with van der Waals surface area (Å²) in [6.45, 7) is 1.81. The summed E-state index contributed by atoms with van der Waals surface area (Å²) in [7, 11) is -2.09. The molecule has 1 aliphatic rings. The largest absolute Gasteiger partial charge is 0.481 e. The van der Waals surface area contributed by atoms with Gasteiger partial charge >= 0.3 is 5.97 Å². The van der Waals surface area contributed by atoms with Gasteiger partial charge in [-0.15, -0.1) is 0 Å². The van der Waals surface area contributed by atoms with E-state index < -0.39 is 32.4 Å². The lowest BCUT2D eigenvalue weighted by Crippen LogP contribution is -2.28. The maximum Gasteiger partial charge on any atom is 0.314 e. The average molecular weight is 298 g/mol. The number of sulfone groups is 1. The van der Waals surface area contributed by atoms with E-state index in [-0.39, 0.29) is 6.61 Å². The van der Waals surface area contributed by atoms with Gasteiger partial charge in [0.05, 0.1) is 11.9 Å². The van der Waals surface area contributed by atoms with E-state index in [0.29, 0.717) is 0 Å². The van der Waals surface area contributed by atoms with Crippen LogP contribution in [0.3, 0.4) is 0 Å². The smallest absolute Gasteiger partial charge is 0.314 e. The molecule has 0 saturated heterocycles. The summed E-state index contributed by atoms with van der Waals surface area (Å²) in [5.41, 5.74) is 0.390. The number of benzene rings is 1. The molecule has 0 radical (unpaired) electrons. The minimum Gasteiger partial charge on any atom is -0.481 e. The van der Waals surface area contributed by atoms with Crippen LogP contribution in [0.5, 0.6) is 0 Å². The molecule has 0 aromatic heterocycles. The van der Waals surface area contributed by atoms with E-state index in [9.17, 15) is 18.3 Å². The van der Waals surface area contributed by atoms with Crippen molar-refractivity contribution in [2.24, 2.45) is 5.41 Å². The molecule has 5 nitrogen and oxygen atoms in total. The Balaban J connectivity index is 2.49. The monoisotopic (exact) mass is 298 g/mol.